The van der Waals surface area contributed by atoms with Crippen molar-refractivity contribution in [1.29, 1.82) is 0 Å². The van der Waals surface area contributed by atoms with Crippen LogP contribution in [-0.4, -0.2) is 40.6 Å². The van der Waals surface area contributed by atoms with Crippen molar-refractivity contribution in [2.24, 2.45) is 0 Å². The second-order valence-electron chi connectivity index (χ2n) is 5.66. The van der Waals surface area contributed by atoms with Gasteiger partial charge in [0.2, 0.25) is 11.8 Å². The summed E-state index contributed by atoms with van der Waals surface area (Å²) in [5, 5.41) is 9.18. The van der Waals surface area contributed by atoms with Gasteiger partial charge in [0.1, 0.15) is 10.6 Å². The van der Waals surface area contributed by atoms with Gasteiger partial charge < -0.3 is 19.9 Å². The molecule has 27 heavy (non-hydrogen) atoms. The molecule has 0 saturated carbocycles. The molecule has 2 heterocycles. The standard InChI is InChI=1S/C17H21N3O5S2/c1-5-24-17(23)15-9(2)6-14(27-15)19-13(21)8-26-11(4)16(22)18-12-7-10(3)25-20-12/h6-7,11H,5,8H2,1-4H3,(H,19,21)(H,18,20,22)/t11-/m0/s1. The van der Waals surface area contributed by atoms with Crippen molar-refractivity contribution in [2.75, 3.05) is 23.0 Å². The number of nitrogens with zero attached hydrogens (tertiary/aromatic N) is 1. The number of carbonyl (C=O) groups is 3. The van der Waals surface area contributed by atoms with E-state index < -0.39 is 11.2 Å². The van der Waals surface area contributed by atoms with Crippen molar-refractivity contribution >= 4 is 51.7 Å². The van der Waals surface area contributed by atoms with E-state index in [2.05, 4.69) is 15.8 Å². The molecule has 0 aliphatic heterocycles. The zero-order valence-corrected chi connectivity index (χ0v) is 17.1. The Hall–Kier alpha value is -2.33. The smallest absolute Gasteiger partial charge is 0.348 e. The molecule has 146 valence electrons. The van der Waals surface area contributed by atoms with Crippen molar-refractivity contribution in [1.82, 2.24) is 5.16 Å². The van der Waals surface area contributed by atoms with Gasteiger partial charge in [0.05, 0.1) is 22.6 Å². The summed E-state index contributed by atoms with van der Waals surface area (Å²) in [4.78, 5) is 36.5. The van der Waals surface area contributed by atoms with Gasteiger partial charge >= 0.3 is 5.97 Å². The third-order valence-corrected chi connectivity index (χ3v) is 5.63. The van der Waals surface area contributed by atoms with Gasteiger partial charge in [-0.1, -0.05) is 5.16 Å². The van der Waals surface area contributed by atoms with Crippen molar-refractivity contribution < 1.29 is 23.6 Å². The third-order valence-electron chi connectivity index (χ3n) is 3.35. The van der Waals surface area contributed by atoms with E-state index in [9.17, 15) is 14.4 Å². The number of thiophene rings is 1. The first-order valence-electron chi connectivity index (χ1n) is 8.23. The number of thioether (sulfide) groups is 1. The molecule has 0 aromatic carbocycles. The summed E-state index contributed by atoms with van der Waals surface area (Å²) in [5.74, 6) is 0.112. The zero-order valence-electron chi connectivity index (χ0n) is 15.5. The summed E-state index contributed by atoms with van der Waals surface area (Å²) in [6.45, 7) is 7.24. The Morgan fingerprint density at radius 1 is 1.30 bits per heavy atom. The Morgan fingerprint density at radius 3 is 2.67 bits per heavy atom. The van der Waals surface area contributed by atoms with E-state index >= 15 is 0 Å². The summed E-state index contributed by atoms with van der Waals surface area (Å²) in [6, 6.07) is 3.34. The minimum atomic E-state index is -0.451. The maximum Gasteiger partial charge on any atom is 0.348 e. The van der Waals surface area contributed by atoms with Gasteiger partial charge in [-0.2, -0.15) is 0 Å². The van der Waals surface area contributed by atoms with Gasteiger partial charge in [-0.05, 0) is 39.3 Å². The summed E-state index contributed by atoms with van der Waals surface area (Å²) >= 11 is 2.36. The van der Waals surface area contributed by atoms with Crippen molar-refractivity contribution in [2.45, 2.75) is 32.9 Å². The number of nitrogens with one attached hydrogen (secondary N) is 2. The van der Waals surface area contributed by atoms with Crippen LogP contribution in [-0.2, 0) is 14.3 Å². The van der Waals surface area contributed by atoms with Gasteiger partial charge in [-0.3, -0.25) is 9.59 Å². The average Bonchev–Trinajstić information content (AvgIpc) is 3.18. The molecule has 2 rings (SSSR count). The van der Waals surface area contributed by atoms with Crippen LogP contribution in [0.1, 0.15) is 34.8 Å². The number of hydrogen-bond acceptors (Lipinski definition) is 8. The first-order valence-corrected chi connectivity index (χ1v) is 10.1. The molecule has 0 spiro atoms. The fourth-order valence-corrected chi connectivity index (χ4v) is 3.71. The predicted octanol–water partition coefficient (Wildman–Crippen LogP) is 3.23. The van der Waals surface area contributed by atoms with E-state index in [1.54, 1.807) is 39.8 Å². The third kappa shape index (κ3) is 6.10. The number of anilines is 2. The lowest BCUT2D eigenvalue weighted by Crippen LogP contribution is -2.25. The Morgan fingerprint density at radius 2 is 2.04 bits per heavy atom. The van der Waals surface area contributed by atoms with E-state index in [0.717, 1.165) is 5.56 Å². The van der Waals surface area contributed by atoms with Crippen LogP contribution < -0.4 is 10.6 Å². The molecule has 0 aliphatic rings. The summed E-state index contributed by atoms with van der Waals surface area (Å²) in [7, 11) is 0. The molecule has 0 fully saturated rings. The second kappa shape index (κ2) is 9.56. The minimum absolute atomic E-state index is 0.0954. The van der Waals surface area contributed by atoms with Crippen molar-refractivity contribution in [3.05, 3.63) is 28.3 Å². The molecule has 10 heteroatoms. The lowest BCUT2D eigenvalue weighted by molar-refractivity contribution is -0.115. The quantitative estimate of drug-likeness (QED) is 0.642. The maximum absolute atomic E-state index is 12.1. The number of hydrogen-bond donors (Lipinski definition) is 2. The van der Waals surface area contributed by atoms with Crippen LogP contribution in [0.25, 0.3) is 0 Å². The number of aryl methyl sites for hydroxylation is 2. The van der Waals surface area contributed by atoms with E-state index in [1.807, 2.05) is 0 Å². The Labute approximate surface area is 165 Å². The van der Waals surface area contributed by atoms with Crippen LogP contribution in [0.4, 0.5) is 10.8 Å². The predicted molar refractivity (Wildman–Crippen MR) is 105 cm³/mol. The Kier molecular flexibility index (Phi) is 7.43. The van der Waals surface area contributed by atoms with Gasteiger partial charge in [0.25, 0.3) is 0 Å². The topological polar surface area (TPSA) is 111 Å². The number of aromatic nitrogens is 1. The normalized spacial score (nSPS) is 11.7. The highest BCUT2D eigenvalue weighted by molar-refractivity contribution is 8.01. The van der Waals surface area contributed by atoms with Crippen molar-refractivity contribution in [3.8, 4) is 0 Å². The number of ether oxygens (including phenoxy) is 1. The molecular formula is C17H21N3O5S2. The molecule has 2 aromatic rings. The minimum Gasteiger partial charge on any atom is -0.462 e. The SMILES string of the molecule is CCOC(=O)c1sc(NC(=O)CS[C@@H](C)C(=O)Nc2cc(C)on2)cc1C. The Bertz CT molecular complexity index is 830. The summed E-state index contributed by atoms with van der Waals surface area (Å²) < 4.78 is 9.87. The molecule has 2 N–H and O–H groups in total. The lowest BCUT2D eigenvalue weighted by Gasteiger charge is -2.10. The monoisotopic (exact) mass is 411 g/mol. The number of carbonyl (C=O) groups excluding carboxylic acids is 3. The molecule has 2 aromatic heterocycles. The van der Waals surface area contributed by atoms with Gasteiger partial charge in [0, 0.05) is 6.07 Å². The zero-order chi connectivity index (χ0) is 20.0. The molecule has 2 amide bonds. The fourth-order valence-electron chi connectivity index (χ4n) is 2.05. The first-order chi connectivity index (χ1) is 12.8. The van der Waals surface area contributed by atoms with Gasteiger partial charge in [-0.15, -0.1) is 23.1 Å². The maximum atomic E-state index is 12.1. The van der Waals surface area contributed by atoms with E-state index in [-0.39, 0.29) is 17.6 Å². The molecule has 1 atom stereocenters. The van der Waals surface area contributed by atoms with Crippen LogP contribution in [0.5, 0.6) is 0 Å². The van der Waals surface area contributed by atoms with Crippen LogP contribution in [0.2, 0.25) is 0 Å². The van der Waals surface area contributed by atoms with Gasteiger partial charge in [0.15, 0.2) is 5.82 Å². The number of esters is 1. The van der Waals surface area contributed by atoms with Crippen LogP contribution in [0.15, 0.2) is 16.7 Å². The first kappa shape index (κ1) is 21.0. The van der Waals surface area contributed by atoms with Crippen molar-refractivity contribution in [3.63, 3.8) is 0 Å². The lowest BCUT2D eigenvalue weighted by atomic mass is 10.3. The average molecular weight is 412 g/mol. The number of amides is 2. The van der Waals surface area contributed by atoms with E-state index in [0.29, 0.717) is 28.1 Å². The van der Waals surface area contributed by atoms with Crippen LogP contribution in [0, 0.1) is 13.8 Å². The summed E-state index contributed by atoms with van der Waals surface area (Å²) in [5.41, 5.74) is 0.747. The highest BCUT2D eigenvalue weighted by atomic mass is 32.2. The molecular weight excluding hydrogens is 390 g/mol. The second-order valence-corrected chi connectivity index (χ2v) is 8.04. The van der Waals surface area contributed by atoms with E-state index in [1.165, 1.54) is 23.1 Å². The Balaban J connectivity index is 1.82. The van der Waals surface area contributed by atoms with Crippen LogP contribution >= 0.6 is 23.1 Å². The fraction of sp³-hybridized carbons (Fsp3) is 0.412. The molecule has 0 saturated heterocycles. The van der Waals surface area contributed by atoms with E-state index in [4.69, 9.17) is 9.26 Å². The number of rotatable bonds is 8. The highest BCUT2D eigenvalue weighted by Gasteiger charge is 2.19. The molecule has 0 unspecified atom stereocenters. The molecule has 0 bridgehead atoms. The highest BCUT2D eigenvalue weighted by Crippen LogP contribution is 2.27. The van der Waals surface area contributed by atoms with Gasteiger partial charge in [-0.25, -0.2) is 4.79 Å². The molecule has 8 nitrogen and oxygen atoms in total. The largest absolute Gasteiger partial charge is 0.462 e. The van der Waals surface area contributed by atoms with Crippen LogP contribution in [0.3, 0.4) is 0 Å². The molecule has 0 radical (unpaired) electrons. The summed E-state index contributed by atoms with van der Waals surface area (Å²) in [6.07, 6.45) is 0. The molecule has 0 aliphatic carbocycles.